The van der Waals surface area contributed by atoms with Crippen LogP contribution in [0.25, 0.3) is 0 Å². The van der Waals surface area contributed by atoms with Crippen molar-refractivity contribution in [3.8, 4) is 0 Å². The first-order valence-electron chi connectivity index (χ1n) is 6.03. The molecule has 0 saturated heterocycles. The number of nitrogens with zero attached hydrogens (tertiary/aromatic N) is 3. The molecule has 1 aromatic heterocycles. The van der Waals surface area contributed by atoms with Crippen LogP contribution in [-0.4, -0.2) is 14.7 Å². The monoisotopic (exact) mass is 238 g/mol. The zero-order valence-corrected chi connectivity index (χ0v) is 10.0. The van der Waals surface area contributed by atoms with E-state index in [1.807, 2.05) is 0 Å². The smallest absolute Gasteiger partial charge is 0.330 e. The molecule has 0 unspecified atom stereocenters. The van der Waals surface area contributed by atoms with Gasteiger partial charge in [0, 0.05) is 6.54 Å². The number of aromatic nitrogens is 2. The van der Waals surface area contributed by atoms with Crippen molar-refractivity contribution in [1.29, 1.82) is 0 Å². The zero-order valence-electron chi connectivity index (χ0n) is 10.0. The van der Waals surface area contributed by atoms with Gasteiger partial charge in [0.25, 0.3) is 0 Å². The fourth-order valence-corrected chi connectivity index (χ4v) is 2.43. The lowest BCUT2D eigenvalue weighted by Crippen LogP contribution is -2.19. The lowest BCUT2D eigenvalue weighted by molar-refractivity contribution is -0.384. The molecule has 2 N–H and O–H groups in total. The van der Waals surface area contributed by atoms with Gasteiger partial charge in [-0.3, -0.25) is 10.1 Å². The first kappa shape index (κ1) is 11.9. The Morgan fingerprint density at radius 3 is 2.71 bits per heavy atom. The third kappa shape index (κ3) is 2.57. The minimum atomic E-state index is -0.484. The second-order valence-electron chi connectivity index (χ2n) is 4.98. The molecule has 0 atom stereocenters. The molecule has 1 aliphatic rings. The molecule has 17 heavy (non-hydrogen) atoms. The number of hydrogen-bond donors (Lipinski definition) is 1. The maximum Gasteiger partial charge on any atom is 0.330 e. The zero-order chi connectivity index (χ0) is 12.4. The maximum absolute atomic E-state index is 10.6. The Labute approximate surface area is 99.9 Å². The van der Waals surface area contributed by atoms with Gasteiger partial charge >= 0.3 is 5.69 Å². The van der Waals surface area contributed by atoms with E-state index in [0.717, 1.165) is 18.8 Å². The first-order chi connectivity index (χ1) is 8.08. The third-order valence-corrected chi connectivity index (χ3v) is 3.62. The highest BCUT2D eigenvalue weighted by atomic mass is 16.6. The lowest BCUT2D eigenvalue weighted by atomic mass is 9.83. The molecular weight excluding hydrogens is 220 g/mol. The van der Waals surface area contributed by atoms with E-state index in [-0.39, 0.29) is 11.5 Å². The summed E-state index contributed by atoms with van der Waals surface area (Å²) in [4.78, 5) is 10.2. The second-order valence-corrected chi connectivity index (χ2v) is 4.98. The van der Waals surface area contributed by atoms with Crippen LogP contribution >= 0.6 is 0 Å². The van der Waals surface area contributed by atoms with E-state index in [4.69, 9.17) is 5.73 Å². The highest BCUT2D eigenvalue weighted by Gasteiger charge is 2.22. The van der Waals surface area contributed by atoms with Crippen molar-refractivity contribution >= 4 is 11.5 Å². The van der Waals surface area contributed by atoms with Crippen molar-refractivity contribution in [3.05, 3.63) is 16.3 Å². The quantitative estimate of drug-likeness (QED) is 0.646. The Balaban J connectivity index is 2.01. The summed E-state index contributed by atoms with van der Waals surface area (Å²) in [6.45, 7) is 2.97. The molecule has 1 heterocycles. The molecule has 6 heteroatoms. The minimum Gasteiger partial charge on any atom is -0.378 e. The summed E-state index contributed by atoms with van der Waals surface area (Å²) in [7, 11) is 0. The summed E-state index contributed by atoms with van der Waals surface area (Å²) in [5.74, 6) is 1.53. The van der Waals surface area contributed by atoms with Crippen LogP contribution in [0.15, 0.2) is 6.20 Å². The van der Waals surface area contributed by atoms with Crippen molar-refractivity contribution in [1.82, 2.24) is 9.78 Å². The number of nitro groups is 1. The molecule has 6 nitrogen and oxygen atoms in total. The van der Waals surface area contributed by atoms with Crippen molar-refractivity contribution in [3.63, 3.8) is 0 Å². The van der Waals surface area contributed by atoms with Crippen LogP contribution < -0.4 is 5.73 Å². The van der Waals surface area contributed by atoms with Gasteiger partial charge < -0.3 is 5.73 Å². The van der Waals surface area contributed by atoms with Gasteiger partial charge in [-0.2, -0.15) is 5.10 Å². The van der Waals surface area contributed by atoms with Gasteiger partial charge in [0.05, 0.1) is 4.92 Å². The van der Waals surface area contributed by atoms with Gasteiger partial charge in [0.15, 0.2) is 0 Å². The Kier molecular flexibility index (Phi) is 3.31. The van der Waals surface area contributed by atoms with Crippen molar-refractivity contribution in [2.45, 2.75) is 39.2 Å². The molecule has 0 amide bonds. The summed E-state index contributed by atoms with van der Waals surface area (Å²) in [5, 5.41) is 14.6. The summed E-state index contributed by atoms with van der Waals surface area (Å²) >= 11 is 0. The van der Waals surface area contributed by atoms with Crippen LogP contribution in [0.4, 0.5) is 11.5 Å². The van der Waals surface area contributed by atoms with Crippen LogP contribution in [0.5, 0.6) is 0 Å². The van der Waals surface area contributed by atoms with E-state index in [1.165, 1.54) is 19.0 Å². The van der Waals surface area contributed by atoms with Gasteiger partial charge in [-0.25, -0.2) is 4.68 Å². The van der Waals surface area contributed by atoms with Crippen LogP contribution in [0.3, 0.4) is 0 Å². The maximum atomic E-state index is 10.6. The SMILES string of the molecule is CC1CCC(Cn2ncc([N+](=O)[O-])c2N)CC1. The van der Waals surface area contributed by atoms with Gasteiger partial charge in [-0.15, -0.1) is 0 Å². The van der Waals surface area contributed by atoms with Gasteiger partial charge in [0.1, 0.15) is 6.20 Å². The topological polar surface area (TPSA) is 87.0 Å². The third-order valence-electron chi connectivity index (χ3n) is 3.62. The largest absolute Gasteiger partial charge is 0.378 e. The fraction of sp³-hybridized carbons (Fsp3) is 0.727. The molecule has 0 spiro atoms. The van der Waals surface area contributed by atoms with Crippen LogP contribution in [0.2, 0.25) is 0 Å². The number of rotatable bonds is 3. The molecular formula is C11H18N4O2. The highest BCUT2D eigenvalue weighted by Crippen LogP contribution is 2.30. The molecule has 94 valence electrons. The molecule has 0 bridgehead atoms. The Morgan fingerprint density at radius 2 is 2.18 bits per heavy atom. The fourth-order valence-electron chi connectivity index (χ4n) is 2.43. The van der Waals surface area contributed by atoms with Crippen molar-refractivity contribution in [2.75, 3.05) is 5.73 Å². The van der Waals surface area contributed by atoms with Gasteiger partial charge in [0.2, 0.25) is 5.82 Å². The minimum absolute atomic E-state index is 0.0887. The standard InChI is InChI=1S/C11H18N4O2/c1-8-2-4-9(5-3-8)7-14-11(12)10(6-13-14)15(16)17/h6,8-9H,2-5,7,12H2,1H3. The lowest BCUT2D eigenvalue weighted by Gasteiger charge is -2.26. The van der Waals surface area contributed by atoms with E-state index < -0.39 is 4.92 Å². The van der Waals surface area contributed by atoms with Gasteiger partial charge in [-0.05, 0) is 24.7 Å². The normalized spacial score (nSPS) is 24.8. The van der Waals surface area contributed by atoms with E-state index in [1.54, 1.807) is 4.68 Å². The molecule has 1 aliphatic carbocycles. The first-order valence-corrected chi connectivity index (χ1v) is 6.03. The van der Waals surface area contributed by atoms with E-state index in [9.17, 15) is 10.1 Å². The summed E-state index contributed by atoms with van der Waals surface area (Å²) in [6, 6.07) is 0. The Bertz CT molecular complexity index is 408. The number of nitrogen functional groups attached to an aromatic ring is 1. The summed E-state index contributed by atoms with van der Waals surface area (Å²) in [5.41, 5.74) is 5.62. The number of hydrogen-bond acceptors (Lipinski definition) is 4. The molecule has 0 radical (unpaired) electrons. The van der Waals surface area contributed by atoms with E-state index >= 15 is 0 Å². The van der Waals surface area contributed by atoms with E-state index in [0.29, 0.717) is 12.5 Å². The predicted molar refractivity (Wildman–Crippen MR) is 64.4 cm³/mol. The average Bonchev–Trinajstić information content (AvgIpc) is 2.64. The highest BCUT2D eigenvalue weighted by molar-refractivity contribution is 5.51. The second kappa shape index (κ2) is 4.73. The van der Waals surface area contributed by atoms with E-state index in [2.05, 4.69) is 12.0 Å². The number of anilines is 1. The predicted octanol–water partition coefficient (Wildman–Crippen LogP) is 2.20. The Hall–Kier alpha value is -1.59. The molecule has 1 fully saturated rings. The summed E-state index contributed by atoms with van der Waals surface area (Å²) in [6.07, 6.45) is 6.02. The van der Waals surface area contributed by atoms with Crippen molar-refractivity contribution in [2.24, 2.45) is 11.8 Å². The molecule has 1 saturated carbocycles. The summed E-state index contributed by atoms with van der Waals surface area (Å²) < 4.78 is 1.57. The molecule has 1 aromatic rings. The van der Waals surface area contributed by atoms with Crippen LogP contribution in [-0.2, 0) is 6.54 Å². The Morgan fingerprint density at radius 1 is 1.53 bits per heavy atom. The molecule has 2 rings (SSSR count). The molecule has 0 aliphatic heterocycles. The average molecular weight is 238 g/mol. The number of nitrogens with two attached hydrogens (primary N) is 1. The van der Waals surface area contributed by atoms with Crippen molar-refractivity contribution < 1.29 is 4.92 Å². The van der Waals surface area contributed by atoms with Crippen LogP contribution in [0.1, 0.15) is 32.6 Å². The molecule has 0 aromatic carbocycles. The van der Waals surface area contributed by atoms with Gasteiger partial charge in [-0.1, -0.05) is 19.8 Å². The van der Waals surface area contributed by atoms with Crippen LogP contribution in [0, 0.1) is 22.0 Å².